The van der Waals surface area contributed by atoms with Gasteiger partial charge in [0.15, 0.2) is 0 Å². The third-order valence-electron chi connectivity index (χ3n) is 8.51. The molecule has 1 aliphatic carbocycles. The molecular formula is C36H47ClN4O7. The molecule has 2 N–H and O–H groups in total. The molecule has 2 atom stereocenters. The summed E-state index contributed by atoms with van der Waals surface area (Å²) in [5.74, 6) is -0.489. The van der Waals surface area contributed by atoms with Crippen LogP contribution >= 0.6 is 11.6 Å². The molecule has 4 rings (SSSR count). The number of nitrogens with one attached hydrogen (secondary N) is 2. The summed E-state index contributed by atoms with van der Waals surface area (Å²) in [6.07, 6.45) is 5.05. The number of carbonyl (C=O) groups is 5. The van der Waals surface area contributed by atoms with Crippen LogP contribution in [0.2, 0.25) is 5.02 Å². The minimum Gasteiger partial charge on any atom is -0.445 e. The van der Waals surface area contributed by atoms with E-state index in [0.29, 0.717) is 35.5 Å². The zero-order valence-electron chi connectivity index (χ0n) is 28.0. The van der Waals surface area contributed by atoms with Gasteiger partial charge in [-0.2, -0.15) is 0 Å². The smallest absolute Gasteiger partial charge is 0.410 e. The lowest BCUT2D eigenvalue weighted by Crippen LogP contribution is -2.51. The number of para-hydroxylation sites is 1. The van der Waals surface area contributed by atoms with Crippen molar-refractivity contribution >= 4 is 47.6 Å². The summed E-state index contributed by atoms with van der Waals surface area (Å²) < 4.78 is 10.9. The van der Waals surface area contributed by atoms with Crippen molar-refractivity contribution < 1.29 is 33.4 Å². The van der Waals surface area contributed by atoms with Crippen LogP contribution in [-0.2, 0) is 37.0 Å². The van der Waals surface area contributed by atoms with Gasteiger partial charge in [0.05, 0.1) is 12.6 Å². The monoisotopic (exact) mass is 682 g/mol. The summed E-state index contributed by atoms with van der Waals surface area (Å²) in [5, 5.41) is 5.96. The molecule has 1 saturated carbocycles. The Kier molecular flexibility index (Phi) is 13.3. The number of ether oxygens (including phenoxy) is 2. The van der Waals surface area contributed by atoms with Gasteiger partial charge in [0, 0.05) is 30.2 Å². The molecule has 1 heterocycles. The lowest BCUT2D eigenvalue weighted by Gasteiger charge is -2.27. The van der Waals surface area contributed by atoms with E-state index in [9.17, 15) is 24.0 Å². The molecular weight excluding hydrogens is 636 g/mol. The predicted octanol–water partition coefficient (Wildman–Crippen LogP) is 6.15. The van der Waals surface area contributed by atoms with Crippen LogP contribution in [0.1, 0.15) is 83.3 Å². The molecule has 0 radical (unpaired) electrons. The van der Waals surface area contributed by atoms with E-state index in [1.165, 1.54) is 0 Å². The standard InChI is InChI=1S/C36H47ClN4O7/c1-36(2,3)48-35(46)40-18-19-41(31-15-8-7-13-27(31)22-40)32(43)17-16-29(23-42)38-33(44)30(21-25-10-5-4-6-11-25)39-34(45)47-24-26-12-9-14-28(37)20-26/h7-9,12-15,20,23,25,29-30H,4-6,10-11,16-19,21-22,24H2,1-3H3,(H,38,44)(H,39,45)/t29-,30-/m0/s1. The average Bonchev–Trinajstić information content (AvgIpc) is 3.25. The first-order chi connectivity index (χ1) is 22.9. The first-order valence-electron chi connectivity index (χ1n) is 16.7. The number of rotatable bonds is 11. The number of benzene rings is 2. The van der Waals surface area contributed by atoms with E-state index in [0.717, 1.165) is 37.7 Å². The fourth-order valence-electron chi connectivity index (χ4n) is 6.09. The number of hydrogen-bond donors (Lipinski definition) is 2. The zero-order valence-corrected chi connectivity index (χ0v) is 28.8. The van der Waals surface area contributed by atoms with Gasteiger partial charge in [-0.15, -0.1) is 0 Å². The van der Waals surface area contributed by atoms with Crippen LogP contribution in [0.5, 0.6) is 0 Å². The molecule has 1 aliphatic heterocycles. The van der Waals surface area contributed by atoms with Gasteiger partial charge in [-0.1, -0.05) is 74.0 Å². The van der Waals surface area contributed by atoms with Crippen molar-refractivity contribution in [2.45, 2.75) is 103 Å². The molecule has 0 unspecified atom stereocenters. The van der Waals surface area contributed by atoms with E-state index < -0.39 is 35.8 Å². The fourth-order valence-corrected chi connectivity index (χ4v) is 6.31. The highest BCUT2D eigenvalue weighted by Crippen LogP contribution is 2.29. The summed E-state index contributed by atoms with van der Waals surface area (Å²) in [6.45, 7) is 6.20. The van der Waals surface area contributed by atoms with Gasteiger partial charge in [-0.05, 0) is 68.9 Å². The highest BCUT2D eigenvalue weighted by molar-refractivity contribution is 6.30. The maximum absolute atomic E-state index is 13.6. The van der Waals surface area contributed by atoms with Gasteiger partial charge in [0.25, 0.3) is 0 Å². The second kappa shape index (κ2) is 17.3. The molecule has 2 aliphatic rings. The maximum Gasteiger partial charge on any atom is 0.410 e. The summed E-state index contributed by atoms with van der Waals surface area (Å²) >= 11 is 6.03. The molecule has 2 aromatic rings. The molecule has 2 aromatic carbocycles. The number of carbonyl (C=O) groups excluding carboxylic acids is 5. The number of amides is 4. The van der Waals surface area contributed by atoms with E-state index >= 15 is 0 Å². The van der Waals surface area contributed by atoms with Crippen molar-refractivity contribution in [3.05, 3.63) is 64.7 Å². The molecule has 0 bridgehead atoms. The van der Waals surface area contributed by atoms with Crippen LogP contribution in [0.4, 0.5) is 15.3 Å². The van der Waals surface area contributed by atoms with E-state index in [1.54, 1.807) is 54.8 Å². The van der Waals surface area contributed by atoms with Gasteiger partial charge in [0.1, 0.15) is 24.5 Å². The number of fused-ring (bicyclic) bond motifs is 1. The second-order valence-corrected chi connectivity index (χ2v) is 13.9. The molecule has 0 aromatic heterocycles. The molecule has 11 nitrogen and oxygen atoms in total. The maximum atomic E-state index is 13.6. The van der Waals surface area contributed by atoms with Crippen LogP contribution in [0, 0.1) is 5.92 Å². The third-order valence-corrected chi connectivity index (χ3v) is 8.75. The number of anilines is 1. The molecule has 1 fully saturated rings. The lowest BCUT2D eigenvalue weighted by atomic mass is 9.84. The number of aldehydes is 1. The highest BCUT2D eigenvalue weighted by Gasteiger charge is 2.31. The predicted molar refractivity (Wildman–Crippen MR) is 182 cm³/mol. The summed E-state index contributed by atoms with van der Waals surface area (Å²) in [5.41, 5.74) is 1.54. The summed E-state index contributed by atoms with van der Waals surface area (Å²) in [7, 11) is 0. The van der Waals surface area contributed by atoms with Crippen molar-refractivity contribution in [2.24, 2.45) is 5.92 Å². The Morgan fingerprint density at radius 1 is 1.00 bits per heavy atom. The number of nitrogens with zero attached hydrogens (tertiary/aromatic N) is 2. The molecule has 0 spiro atoms. The summed E-state index contributed by atoms with van der Waals surface area (Å²) in [6, 6.07) is 12.5. The lowest BCUT2D eigenvalue weighted by molar-refractivity contribution is -0.126. The van der Waals surface area contributed by atoms with Crippen molar-refractivity contribution in [1.82, 2.24) is 15.5 Å². The van der Waals surface area contributed by atoms with Crippen LogP contribution in [0.15, 0.2) is 48.5 Å². The minimum atomic E-state index is -0.944. The van der Waals surface area contributed by atoms with Crippen molar-refractivity contribution in [3.8, 4) is 0 Å². The van der Waals surface area contributed by atoms with Gasteiger partial charge >= 0.3 is 12.2 Å². The number of hydrogen-bond acceptors (Lipinski definition) is 7. The van der Waals surface area contributed by atoms with E-state index in [2.05, 4.69) is 10.6 Å². The van der Waals surface area contributed by atoms with Gasteiger partial charge in [0.2, 0.25) is 11.8 Å². The molecule has 12 heteroatoms. The van der Waals surface area contributed by atoms with Crippen LogP contribution in [0.25, 0.3) is 0 Å². The average molecular weight is 683 g/mol. The minimum absolute atomic E-state index is 0.0155. The van der Waals surface area contributed by atoms with Crippen LogP contribution < -0.4 is 15.5 Å². The third kappa shape index (κ3) is 11.2. The molecule has 0 saturated heterocycles. The van der Waals surface area contributed by atoms with Gasteiger partial charge in [-0.25, -0.2) is 9.59 Å². The zero-order chi connectivity index (χ0) is 34.7. The highest BCUT2D eigenvalue weighted by atomic mass is 35.5. The van der Waals surface area contributed by atoms with Crippen molar-refractivity contribution in [3.63, 3.8) is 0 Å². The Balaban J connectivity index is 1.37. The Morgan fingerprint density at radius 2 is 1.75 bits per heavy atom. The van der Waals surface area contributed by atoms with E-state index in [4.69, 9.17) is 21.1 Å². The quantitative estimate of drug-likeness (QED) is 0.272. The van der Waals surface area contributed by atoms with E-state index in [-0.39, 0.29) is 44.4 Å². The Morgan fingerprint density at radius 3 is 2.46 bits per heavy atom. The first kappa shape index (κ1) is 36.7. The summed E-state index contributed by atoms with van der Waals surface area (Å²) in [4.78, 5) is 68.0. The van der Waals surface area contributed by atoms with Crippen molar-refractivity contribution in [2.75, 3.05) is 18.0 Å². The second-order valence-electron chi connectivity index (χ2n) is 13.5. The van der Waals surface area contributed by atoms with E-state index in [1.807, 2.05) is 24.3 Å². The normalized spacial score (nSPS) is 16.5. The Labute approximate surface area is 287 Å². The molecule has 48 heavy (non-hydrogen) atoms. The van der Waals surface area contributed by atoms with Crippen LogP contribution in [0.3, 0.4) is 0 Å². The Hall–Kier alpha value is -4.12. The Bertz CT molecular complexity index is 1440. The largest absolute Gasteiger partial charge is 0.445 e. The fraction of sp³-hybridized carbons (Fsp3) is 0.528. The van der Waals surface area contributed by atoms with Crippen LogP contribution in [-0.4, -0.2) is 66.0 Å². The number of alkyl carbamates (subject to hydrolysis) is 1. The van der Waals surface area contributed by atoms with Crippen molar-refractivity contribution in [1.29, 1.82) is 0 Å². The topological polar surface area (TPSA) is 134 Å². The SMILES string of the molecule is CC(C)(C)OC(=O)N1CCN(C(=O)CC[C@@H](C=O)NC(=O)[C@H](CC2CCCCC2)NC(=O)OCc2cccc(Cl)c2)c2ccccc2C1. The molecule has 4 amide bonds. The first-order valence-corrected chi connectivity index (χ1v) is 17.1. The van der Waals surface area contributed by atoms with Gasteiger partial charge in [-0.3, -0.25) is 9.59 Å². The van der Waals surface area contributed by atoms with Gasteiger partial charge < -0.3 is 34.7 Å². The molecule has 260 valence electrons. The number of halogens is 1.